The van der Waals surface area contributed by atoms with Gasteiger partial charge in [0.1, 0.15) is 5.75 Å². The van der Waals surface area contributed by atoms with Gasteiger partial charge in [-0.15, -0.1) is 0 Å². The van der Waals surface area contributed by atoms with E-state index in [1.54, 1.807) is 37.5 Å². The van der Waals surface area contributed by atoms with Crippen molar-refractivity contribution >= 4 is 39.6 Å². The number of aryl methyl sites for hydroxylation is 1. The Hall–Kier alpha value is -2.60. The van der Waals surface area contributed by atoms with Crippen molar-refractivity contribution < 1.29 is 19.1 Å². The molecule has 0 spiro atoms. The molecule has 0 aromatic heterocycles. The molecule has 0 heterocycles. The second-order valence-corrected chi connectivity index (χ2v) is 6.08. The van der Waals surface area contributed by atoms with Crippen molar-refractivity contribution in [2.24, 2.45) is 0 Å². The van der Waals surface area contributed by atoms with Crippen LogP contribution in [0.3, 0.4) is 0 Å². The van der Waals surface area contributed by atoms with Gasteiger partial charge < -0.3 is 14.8 Å². The Bertz CT molecular complexity index is 785. The number of esters is 1. The van der Waals surface area contributed by atoms with Crippen molar-refractivity contribution in [3.8, 4) is 5.75 Å². The van der Waals surface area contributed by atoms with Crippen molar-refractivity contribution in [2.75, 3.05) is 19.0 Å². The van der Waals surface area contributed by atoms with Crippen LogP contribution in [0.5, 0.6) is 5.75 Å². The van der Waals surface area contributed by atoms with E-state index >= 15 is 0 Å². The number of amides is 1. The molecule has 0 saturated heterocycles. The summed E-state index contributed by atoms with van der Waals surface area (Å²) in [5.74, 6) is -0.253. The molecule has 2 rings (SSSR count). The summed E-state index contributed by atoms with van der Waals surface area (Å²) in [6, 6.07) is 12.6. The average molecular weight is 404 g/mol. The Morgan fingerprint density at radius 3 is 2.52 bits per heavy atom. The van der Waals surface area contributed by atoms with E-state index in [0.717, 1.165) is 21.3 Å². The van der Waals surface area contributed by atoms with Gasteiger partial charge in [0, 0.05) is 16.2 Å². The van der Waals surface area contributed by atoms with Crippen LogP contribution in [0.15, 0.2) is 53.0 Å². The first-order valence-electron chi connectivity index (χ1n) is 7.53. The number of hydrogen-bond donors (Lipinski definition) is 1. The Labute approximate surface area is 154 Å². The second kappa shape index (κ2) is 9.03. The predicted octanol–water partition coefficient (Wildman–Crippen LogP) is 3.96. The van der Waals surface area contributed by atoms with Gasteiger partial charge in [-0.25, -0.2) is 4.79 Å². The van der Waals surface area contributed by atoms with E-state index in [1.807, 2.05) is 25.1 Å². The van der Waals surface area contributed by atoms with Crippen molar-refractivity contribution in [1.82, 2.24) is 0 Å². The number of nitrogens with one attached hydrogen (secondary N) is 1. The molecule has 2 aromatic carbocycles. The molecule has 0 bridgehead atoms. The van der Waals surface area contributed by atoms with Gasteiger partial charge in [0.15, 0.2) is 6.61 Å². The minimum absolute atomic E-state index is 0.350. The molecule has 5 nitrogen and oxygen atoms in total. The van der Waals surface area contributed by atoms with Crippen LogP contribution in [0.2, 0.25) is 0 Å². The number of halogens is 1. The third kappa shape index (κ3) is 6.08. The maximum Gasteiger partial charge on any atom is 0.331 e. The van der Waals surface area contributed by atoms with Gasteiger partial charge in [-0.1, -0.05) is 34.1 Å². The van der Waals surface area contributed by atoms with Crippen molar-refractivity contribution in [2.45, 2.75) is 6.92 Å². The van der Waals surface area contributed by atoms with Crippen LogP contribution in [0.1, 0.15) is 11.1 Å². The van der Waals surface area contributed by atoms with Crippen molar-refractivity contribution in [3.05, 3.63) is 64.1 Å². The summed E-state index contributed by atoms with van der Waals surface area (Å²) in [5.41, 5.74) is 2.52. The SMILES string of the molecule is COc1ccc(/C=C/C(=O)OCC(=O)Nc2ccc(C)c(Br)c2)cc1. The van der Waals surface area contributed by atoms with Crippen molar-refractivity contribution in [3.63, 3.8) is 0 Å². The topological polar surface area (TPSA) is 64.6 Å². The lowest BCUT2D eigenvalue weighted by Gasteiger charge is -2.07. The van der Waals surface area contributed by atoms with Crippen molar-refractivity contribution in [1.29, 1.82) is 0 Å². The van der Waals surface area contributed by atoms with E-state index < -0.39 is 11.9 Å². The van der Waals surface area contributed by atoms with Gasteiger partial charge in [-0.3, -0.25) is 4.79 Å². The zero-order valence-corrected chi connectivity index (χ0v) is 15.5. The van der Waals surface area contributed by atoms with Crippen LogP contribution < -0.4 is 10.1 Å². The molecule has 0 fully saturated rings. The van der Waals surface area contributed by atoms with Gasteiger partial charge in [0.2, 0.25) is 0 Å². The number of hydrogen-bond acceptors (Lipinski definition) is 4. The Morgan fingerprint density at radius 2 is 1.88 bits per heavy atom. The lowest BCUT2D eigenvalue weighted by molar-refractivity contribution is -0.142. The van der Waals surface area contributed by atoms with Crippen LogP contribution >= 0.6 is 15.9 Å². The quantitative estimate of drug-likeness (QED) is 0.585. The third-order valence-corrected chi connectivity index (χ3v) is 4.18. The average Bonchev–Trinajstić information content (AvgIpc) is 2.61. The highest BCUT2D eigenvalue weighted by molar-refractivity contribution is 9.10. The molecule has 2 aromatic rings. The third-order valence-electron chi connectivity index (χ3n) is 3.33. The van der Waals surface area contributed by atoms with Crippen LogP contribution in [0.4, 0.5) is 5.69 Å². The zero-order valence-electron chi connectivity index (χ0n) is 13.9. The van der Waals surface area contributed by atoms with Gasteiger partial charge in [0.05, 0.1) is 7.11 Å². The van der Waals surface area contributed by atoms with Gasteiger partial charge in [0.25, 0.3) is 5.91 Å². The standard InChI is InChI=1S/C19H18BrNO4/c1-13-3-7-15(11-17(13)20)21-18(22)12-25-19(23)10-6-14-4-8-16(24-2)9-5-14/h3-11H,12H2,1-2H3,(H,21,22)/b10-6+. The van der Waals surface area contributed by atoms with E-state index in [4.69, 9.17) is 9.47 Å². The maximum absolute atomic E-state index is 11.8. The highest BCUT2D eigenvalue weighted by Crippen LogP contribution is 2.20. The normalized spacial score (nSPS) is 10.5. The van der Waals surface area contributed by atoms with Crippen LogP contribution in [-0.4, -0.2) is 25.6 Å². The lowest BCUT2D eigenvalue weighted by atomic mass is 10.2. The van der Waals surface area contributed by atoms with Crippen LogP contribution in [0, 0.1) is 6.92 Å². The van der Waals surface area contributed by atoms with Crippen LogP contribution in [-0.2, 0) is 14.3 Å². The molecule has 0 aliphatic carbocycles. The zero-order chi connectivity index (χ0) is 18.2. The maximum atomic E-state index is 11.8. The molecule has 0 unspecified atom stereocenters. The summed E-state index contributed by atoms with van der Waals surface area (Å²) in [7, 11) is 1.59. The summed E-state index contributed by atoms with van der Waals surface area (Å²) < 4.78 is 10.9. The molecule has 0 saturated carbocycles. The fourth-order valence-corrected chi connectivity index (χ4v) is 2.31. The number of benzene rings is 2. The molecule has 0 atom stereocenters. The Balaban J connectivity index is 1.81. The summed E-state index contributed by atoms with van der Waals surface area (Å²) >= 11 is 3.40. The molecule has 0 aliphatic heterocycles. The number of ether oxygens (including phenoxy) is 2. The first kappa shape index (κ1) is 18.7. The number of anilines is 1. The van der Waals surface area contributed by atoms with Crippen LogP contribution in [0.25, 0.3) is 6.08 Å². The smallest absolute Gasteiger partial charge is 0.331 e. The molecule has 6 heteroatoms. The minimum atomic E-state index is -0.587. The Kier molecular flexibility index (Phi) is 6.77. The van der Waals surface area contributed by atoms with E-state index in [-0.39, 0.29) is 6.61 Å². The monoisotopic (exact) mass is 403 g/mol. The molecule has 25 heavy (non-hydrogen) atoms. The lowest BCUT2D eigenvalue weighted by Crippen LogP contribution is -2.20. The summed E-state index contributed by atoms with van der Waals surface area (Å²) in [6.07, 6.45) is 2.88. The largest absolute Gasteiger partial charge is 0.497 e. The van der Waals surface area contributed by atoms with E-state index in [0.29, 0.717) is 5.69 Å². The molecule has 1 N–H and O–H groups in total. The molecular weight excluding hydrogens is 386 g/mol. The number of methoxy groups -OCH3 is 1. The highest BCUT2D eigenvalue weighted by Gasteiger charge is 2.06. The summed E-state index contributed by atoms with van der Waals surface area (Å²) in [5, 5.41) is 2.67. The van der Waals surface area contributed by atoms with Gasteiger partial charge >= 0.3 is 5.97 Å². The fraction of sp³-hybridized carbons (Fsp3) is 0.158. The first-order valence-corrected chi connectivity index (χ1v) is 8.32. The molecular formula is C19H18BrNO4. The first-order chi connectivity index (χ1) is 12.0. The molecule has 1 amide bonds. The van der Waals surface area contributed by atoms with E-state index in [1.165, 1.54) is 6.08 Å². The van der Waals surface area contributed by atoms with E-state index in [9.17, 15) is 9.59 Å². The molecule has 0 radical (unpaired) electrons. The number of rotatable bonds is 6. The highest BCUT2D eigenvalue weighted by atomic mass is 79.9. The molecule has 0 aliphatic rings. The summed E-state index contributed by atoms with van der Waals surface area (Å²) in [6.45, 7) is 1.60. The summed E-state index contributed by atoms with van der Waals surface area (Å²) in [4.78, 5) is 23.5. The van der Waals surface area contributed by atoms with E-state index in [2.05, 4.69) is 21.2 Å². The van der Waals surface area contributed by atoms with Gasteiger partial charge in [-0.2, -0.15) is 0 Å². The minimum Gasteiger partial charge on any atom is -0.497 e. The van der Waals surface area contributed by atoms with Gasteiger partial charge in [-0.05, 0) is 48.4 Å². The Morgan fingerprint density at radius 1 is 1.16 bits per heavy atom. The molecule has 130 valence electrons. The fourth-order valence-electron chi connectivity index (χ4n) is 1.93. The number of carbonyl (C=O) groups excluding carboxylic acids is 2. The second-order valence-electron chi connectivity index (χ2n) is 5.23. The predicted molar refractivity (Wildman–Crippen MR) is 100 cm³/mol. The number of carbonyl (C=O) groups is 2.